The van der Waals surface area contributed by atoms with Crippen molar-refractivity contribution < 1.29 is 23.2 Å². The van der Waals surface area contributed by atoms with Crippen molar-refractivity contribution in [2.75, 3.05) is 36.4 Å². The van der Waals surface area contributed by atoms with Crippen molar-refractivity contribution in [2.45, 2.75) is 19.6 Å². The third-order valence-corrected chi connectivity index (χ3v) is 5.29. The van der Waals surface area contributed by atoms with Crippen molar-refractivity contribution in [3.63, 3.8) is 0 Å². The Morgan fingerprint density at radius 1 is 1.14 bits per heavy atom. The molecule has 2 aromatic rings. The molecule has 1 saturated heterocycles. The Kier molecular flexibility index (Phi) is 6.70. The lowest BCUT2D eigenvalue weighted by Crippen LogP contribution is -3.19. The molecule has 3 rings (SSSR count). The van der Waals surface area contributed by atoms with Crippen LogP contribution in [0.4, 0.5) is 20.2 Å². The van der Waals surface area contributed by atoms with E-state index in [0.717, 1.165) is 36.8 Å². The number of benzene rings is 2. The zero-order valence-electron chi connectivity index (χ0n) is 15.5. The van der Waals surface area contributed by atoms with Crippen molar-refractivity contribution in [3.05, 3.63) is 53.6 Å². The normalized spacial score (nSPS) is 16.1. The first-order valence-electron chi connectivity index (χ1n) is 9.14. The van der Waals surface area contributed by atoms with Crippen LogP contribution in [0.25, 0.3) is 0 Å². The van der Waals surface area contributed by atoms with Gasteiger partial charge in [-0.05, 0) is 31.2 Å². The number of amides is 1. The molecule has 1 atom stereocenters. The molecule has 150 valence electrons. The van der Waals surface area contributed by atoms with Gasteiger partial charge in [-0.3, -0.25) is 4.79 Å². The molecule has 0 unspecified atom stereocenters. The SMILES string of the molecule is C[C@H](C(=O)Nc1ccccc1OC(F)F)[NH+]1CCN(c2ccccc2Cl)CC1. The maximum absolute atomic E-state index is 12.6. The summed E-state index contributed by atoms with van der Waals surface area (Å²) in [7, 11) is 0. The summed E-state index contributed by atoms with van der Waals surface area (Å²) in [4.78, 5) is 16.0. The fraction of sp³-hybridized carbons (Fsp3) is 0.350. The van der Waals surface area contributed by atoms with E-state index >= 15 is 0 Å². The van der Waals surface area contributed by atoms with Gasteiger partial charge in [-0.1, -0.05) is 35.9 Å². The number of hydrogen-bond acceptors (Lipinski definition) is 3. The van der Waals surface area contributed by atoms with Crippen LogP contribution >= 0.6 is 11.6 Å². The molecule has 0 saturated carbocycles. The zero-order valence-corrected chi connectivity index (χ0v) is 16.3. The minimum atomic E-state index is -2.95. The molecule has 8 heteroatoms. The van der Waals surface area contributed by atoms with Crippen LogP contribution in [0.5, 0.6) is 5.75 Å². The first-order chi connectivity index (χ1) is 13.5. The van der Waals surface area contributed by atoms with Gasteiger partial charge in [0.05, 0.1) is 42.6 Å². The van der Waals surface area contributed by atoms with Gasteiger partial charge in [0.1, 0.15) is 5.75 Å². The molecule has 0 radical (unpaired) electrons. The van der Waals surface area contributed by atoms with Crippen LogP contribution in [0.2, 0.25) is 5.02 Å². The minimum Gasteiger partial charge on any atom is -0.433 e. The van der Waals surface area contributed by atoms with Gasteiger partial charge < -0.3 is 19.9 Å². The van der Waals surface area contributed by atoms with Crippen LogP contribution in [-0.4, -0.2) is 44.7 Å². The Bertz CT molecular complexity index is 814. The Labute approximate surface area is 167 Å². The number of halogens is 3. The highest BCUT2D eigenvalue weighted by Crippen LogP contribution is 2.26. The zero-order chi connectivity index (χ0) is 20.1. The average molecular weight is 411 g/mol. The largest absolute Gasteiger partial charge is 0.433 e. The first kappa shape index (κ1) is 20.4. The monoisotopic (exact) mass is 410 g/mol. The van der Waals surface area contributed by atoms with Gasteiger partial charge in [0.2, 0.25) is 0 Å². The van der Waals surface area contributed by atoms with Gasteiger partial charge in [0, 0.05) is 0 Å². The molecule has 0 aromatic heterocycles. The average Bonchev–Trinajstić information content (AvgIpc) is 2.69. The molecule has 5 nitrogen and oxygen atoms in total. The van der Waals surface area contributed by atoms with E-state index in [9.17, 15) is 13.6 Å². The third-order valence-electron chi connectivity index (χ3n) is 4.97. The second-order valence-electron chi connectivity index (χ2n) is 6.68. The van der Waals surface area contributed by atoms with E-state index in [1.54, 1.807) is 18.2 Å². The molecule has 1 aliphatic rings. The molecule has 0 bridgehead atoms. The van der Waals surface area contributed by atoms with Crippen LogP contribution < -0.4 is 19.9 Å². The third kappa shape index (κ3) is 4.91. The Morgan fingerprint density at radius 3 is 2.46 bits per heavy atom. The molecule has 2 aromatic carbocycles. The van der Waals surface area contributed by atoms with Gasteiger partial charge in [-0.15, -0.1) is 0 Å². The van der Waals surface area contributed by atoms with E-state index in [0.29, 0.717) is 5.02 Å². The van der Waals surface area contributed by atoms with Gasteiger partial charge in [0.25, 0.3) is 5.91 Å². The predicted octanol–water partition coefficient (Wildman–Crippen LogP) is 2.67. The van der Waals surface area contributed by atoms with E-state index < -0.39 is 6.61 Å². The van der Waals surface area contributed by atoms with Crippen molar-refractivity contribution in [3.8, 4) is 5.75 Å². The summed E-state index contributed by atoms with van der Waals surface area (Å²) >= 11 is 6.27. The number of hydrogen-bond donors (Lipinski definition) is 2. The lowest BCUT2D eigenvalue weighted by molar-refractivity contribution is -0.914. The fourth-order valence-corrected chi connectivity index (χ4v) is 3.63. The number of para-hydroxylation sites is 3. The summed E-state index contributed by atoms with van der Waals surface area (Å²) in [6.07, 6.45) is 0. The number of quaternary nitrogens is 1. The molecular formula is C20H23ClF2N3O2+. The smallest absolute Gasteiger partial charge is 0.387 e. The first-order valence-corrected chi connectivity index (χ1v) is 9.52. The highest BCUT2D eigenvalue weighted by atomic mass is 35.5. The molecule has 1 amide bonds. The highest BCUT2D eigenvalue weighted by Gasteiger charge is 2.30. The van der Waals surface area contributed by atoms with Crippen molar-refractivity contribution in [1.29, 1.82) is 0 Å². The number of ether oxygens (including phenoxy) is 1. The van der Waals surface area contributed by atoms with Crippen LogP contribution in [-0.2, 0) is 4.79 Å². The predicted molar refractivity (Wildman–Crippen MR) is 106 cm³/mol. The van der Waals surface area contributed by atoms with E-state index in [2.05, 4.69) is 15.0 Å². The minimum absolute atomic E-state index is 0.0448. The van der Waals surface area contributed by atoms with Crippen molar-refractivity contribution in [2.24, 2.45) is 0 Å². The number of nitrogens with zero attached hydrogens (tertiary/aromatic N) is 1. The highest BCUT2D eigenvalue weighted by molar-refractivity contribution is 6.33. The summed E-state index contributed by atoms with van der Waals surface area (Å²) in [5.74, 6) is -0.275. The molecule has 2 N–H and O–H groups in total. The van der Waals surface area contributed by atoms with E-state index in [4.69, 9.17) is 11.6 Å². The number of rotatable bonds is 6. The summed E-state index contributed by atoms with van der Waals surface area (Å²) in [6.45, 7) is 2.00. The number of carbonyl (C=O) groups is 1. The van der Waals surface area contributed by atoms with Crippen LogP contribution in [0.1, 0.15) is 6.92 Å². The number of nitrogens with one attached hydrogen (secondary N) is 2. The van der Waals surface area contributed by atoms with Crippen LogP contribution in [0.3, 0.4) is 0 Å². The second-order valence-corrected chi connectivity index (χ2v) is 7.09. The summed E-state index contributed by atoms with van der Waals surface area (Å²) in [5, 5.41) is 3.43. The quantitative estimate of drug-likeness (QED) is 0.769. The van der Waals surface area contributed by atoms with Gasteiger partial charge in [-0.2, -0.15) is 8.78 Å². The Hall–Kier alpha value is -2.38. The van der Waals surface area contributed by atoms with Crippen LogP contribution in [0.15, 0.2) is 48.5 Å². The van der Waals surface area contributed by atoms with Crippen molar-refractivity contribution >= 4 is 28.9 Å². The lowest BCUT2D eigenvalue weighted by atomic mass is 10.2. The summed E-state index contributed by atoms with van der Waals surface area (Å²) < 4.78 is 29.6. The summed E-state index contributed by atoms with van der Waals surface area (Å²) in [5.41, 5.74) is 1.24. The second kappa shape index (κ2) is 9.21. The molecular weight excluding hydrogens is 388 g/mol. The molecule has 0 aliphatic carbocycles. The number of carbonyl (C=O) groups excluding carboxylic acids is 1. The summed E-state index contributed by atoms with van der Waals surface area (Å²) in [6, 6.07) is 13.6. The van der Waals surface area contributed by atoms with Gasteiger partial charge in [0.15, 0.2) is 6.04 Å². The Balaban J connectivity index is 1.59. The van der Waals surface area contributed by atoms with E-state index in [1.165, 1.54) is 6.07 Å². The van der Waals surface area contributed by atoms with E-state index in [-0.39, 0.29) is 23.4 Å². The number of anilines is 2. The fourth-order valence-electron chi connectivity index (χ4n) is 3.37. The lowest BCUT2D eigenvalue weighted by Gasteiger charge is -2.36. The molecule has 28 heavy (non-hydrogen) atoms. The molecule has 1 heterocycles. The van der Waals surface area contributed by atoms with Gasteiger partial charge in [-0.25, -0.2) is 0 Å². The standard InChI is InChI=1S/C20H22ClF2N3O2/c1-14(19(27)24-16-7-3-5-9-18(16)28-20(22)23)25-10-12-26(13-11-25)17-8-4-2-6-15(17)21/h2-9,14,20H,10-13H2,1H3,(H,24,27)/p+1/t14-/m1/s1. The van der Waals surface area contributed by atoms with Crippen molar-refractivity contribution in [1.82, 2.24) is 0 Å². The maximum Gasteiger partial charge on any atom is 0.387 e. The molecule has 0 spiro atoms. The Morgan fingerprint density at radius 2 is 1.79 bits per heavy atom. The van der Waals surface area contributed by atoms with Gasteiger partial charge >= 0.3 is 6.61 Å². The topological polar surface area (TPSA) is 46.0 Å². The maximum atomic E-state index is 12.6. The van der Waals surface area contributed by atoms with E-state index in [1.807, 2.05) is 31.2 Å². The number of piperazine rings is 1. The van der Waals surface area contributed by atoms with Crippen LogP contribution in [0, 0.1) is 0 Å². The number of alkyl halides is 2. The molecule has 1 fully saturated rings. The molecule has 1 aliphatic heterocycles.